The number of amides is 2. The minimum Gasteiger partial charge on any atom is -0.480 e. The minimum absolute atomic E-state index is 0.267. The van der Waals surface area contributed by atoms with Crippen molar-refractivity contribution in [1.82, 2.24) is 10.6 Å². The molecule has 0 unspecified atom stereocenters. The third-order valence-electron chi connectivity index (χ3n) is 3.08. The molecule has 0 spiro atoms. The summed E-state index contributed by atoms with van der Waals surface area (Å²) >= 11 is 0. The number of benzene rings is 1. The lowest BCUT2D eigenvalue weighted by Crippen LogP contribution is -2.46. The first-order valence-corrected chi connectivity index (χ1v) is 6.90. The van der Waals surface area contributed by atoms with Crippen molar-refractivity contribution < 1.29 is 19.5 Å². The molecule has 7 heteroatoms. The van der Waals surface area contributed by atoms with Gasteiger partial charge in [-0.25, -0.2) is 0 Å². The molecule has 5 N–H and O–H groups in total. The molecular weight excluding hydrogens is 286 g/mol. The van der Waals surface area contributed by atoms with Crippen molar-refractivity contribution in [3.63, 3.8) is 0 Å². The van der Waals surface area contributed by atoms with E-state index in [1.807, 2.05) is 31.2 Å². The molecule has 2 atom stereocenters. The molecule has 0 saturated carbocycles. The molecule has 1 rings (SSSR count). The summed E-state index contributed by atoms with van der Waals surface area (Å²) in [4.78, 5) is 34.0. The lowest BCUT2D eigenvalue weighted by atomic mass is 10.1. The number of nitrogens with two attached hydrogens (primary N) is 1. The van der Waals surface area contributed by atoms with Crippen LogP contribution in [0.25, 0.3) is 0 Å². The zero-order chi connectivity index (χ0) is 16.7. The molecule has 0 aliphatic carbocycles. The first kappa shape index (κ1) is 17.6. The lowest BCUT2D eigenvalue weighted by molar-refractivity contribution is -0.141. The summed E-state index contributed by atoms with van der Waals surface area (Å²) in [5.74, 6) is -2.18. The van der Waals surface area contributed by atoms with Crippen molar-refractivity contribution >= 4 is 17.8 Å². The molecule has 0 heterocycles. The standard InChI is InChI=1S/C15H21N3O4/c1-9-3-5-11(6-4-9)8-17-14(20)12(16)7-13(19)18-10(2)15(21)22/h3-6,10,12H,7-8,16H2,1-2H3,(H,17,20)(H,18,19)(H,21,22)/t10-,12+/m1/s1. The third kappa shape index (κ3) is 5.92. The minimum atomic E-state index is -1.15. The average molecular weight is 307 g/mol. The lowest BCUT2D eigenvalue weighted by Gasteiger charge is -2.14. The van der Waals surface area contributed by atoms with Gasteiger partial charge in [-0.05, 0) is 19.4 Å². The van der Waals surface area contributed by atoms with E-state index in [4.69, 9.17) is 10.8 Å². The summed E-state index contributed by atoms with van der Waals surface area (Å²) in [5.41, 5.74) is 7.69. The second-order valence-corrected chi connectivity index (χ2v) is 5.14. The second-order valence-electron chi connectivity index (χ2n) is 5.14. The van der Waals surface area contributed by atoms with E-state index in [-0.39, 0.29) is 6.42 Å². The van der Waals surface area contributed by atoms with Crippen LogP contribution >= 0.6 is 0 Å². The zero-order valence-electron chi connectivity index (χ0n) is 12.6. The van der Waals surface area contributed by atoms with Gasteiger partial charge in [-0.3, -0.25) is 14.4 Å². The monoisotopic (exact) mass is 307 g/mol. The number of aliphatic carboxylic acids is 1. The molecule has 0 aliphatic heterocycles. The number of carbonyl (C=O) groups excluding carboxylic acids is 2. The fourth-order valence-corrected chi connectivity index (χ4v) is 1.68. The number of carbonyl (C=O) groups is 3. The first-order valence-electron chi connectivity index (χ1n) is 6.90. The normalized spacial score (nSPS) is 13.0. The number of hydrogen-bond donors (Lipinski definition) is 4. The van der Waals surface area contributed by atoms with Crippen molar-refractivity contribution in [3.8, 4) is 0 Å². The number of carboxylic acids is 1. The van der Waals surface area contributed by atoms with E-state index in [1.54, 1.807) is 0 Å². The molecule has 0 aliphatic rings. The predicted octanol–water partition coefficient (Wildman–Crippen LogP) is -0.0821. The van der Waals surface area contributed by atoms with Crippen LogP contribution in [0.2, 0.25) is 0 Å². The van der Waals surface area contributed by atoms with Crippen LogP contribution in [0.3, 0.4) is 0 Å². The van der Waals surface area contributed by atoms with E-state index >= 15 is 0 Å². The summed E-state index contributed by atoms with van der Waals surface area (Å²) in [7, 11) is 0. The Labute approximate surface area is 128 Å². The predicted molar refractivity (Wildman–Crippen MR) is 80.9 cm³/mol. The van der Waals surface area contributed by atoms with Crippen LogP contribution in [0, 0.1) is 6.92 Å². The molecule has 22 heavy (non-hydrogen) atoms. The Morgan fingerprint density at radius 3 is 2.36 bits per heavy atom. The van der Waals surface area contributed by atoms with Gasteiger partial charge in [0.15, 0.2) is 0 Å². The molecule has 1 aromatic rings. The van der Waals surface area contributed by atoms with Gasteiger partial charge in [-0.1, -0.05) is 29.8 Å². The topological polar surface area (TPSA) is 122 Å². The number of hydrogen-bond acceptors (Lipinski definition) is 4. The Hall–Kier alpha value is -2.41. The smallest absolute Gasteiger partial charge is 0.325 e. The van der Waals surface area contributed by atoms with Gasteiger partial charge >= 0.3 is 5.97 Å². The van der Waals surface area contributed by atoms with E-state index in [0.717, 1.165) is 11.1 Å². The SMILES string of the molecule is Cc1ccc(CNC(=O)[C@@H](N)CC(=O)N[C@H](C)C(=O)O)cc1. The average Bonchev–Trinajstić information content (AvgIpc) is 2.45. The number of aryl methyl sites for hydroxylation is 1. The van der Waals surface area contributed by atoms with Crippen molar-refractivity contribution in [3.05, 3.63) is 35.4 Å². The highest BCUT2D eigenvalue weighted by Crippen LogP contribution is 2.02. The van der Waals surface area contributed by atoms with E-state index in [2.05, 4.69) is 10.6 Å². The molecule has 0 aromatic heterocycles. The molecule has 2 amide bonds. The molecule has 1 aromatic carbocycles. The van der Waals surface area contributed by atoms with Crippen LogP contribution in [0.1, 0.15) is 24.5 Å². The molecule has 7 nitrogen and oxygen atoms in total. The Bertz CT molecular complexity index is 542. The van der Waals surface area contributed by atoms with Crippen molar-refractivity contribution in [2.45, 2.75) is 38.9 Å². The quantitative estimate of drug-likeness (QED) is 0.561. The van der Waals surface area contributed by atoms with Crippen molar-refractivity contribution in [2.24, 2.45) is 5.73 Å². The van der Waals surface area contributed by atoms with E-state index < -0.39 is 29.9 Å². The van der Waals surface area contributed by atoms with Gasteiger partial charge < -0.3 is 21.5 Å². The largest absolute Gasteiger partial charge is 0.480 e. The second kappa shape index (κ2) is 8.14. The maximum atomic E-state index is 11.8. The van der Waals surface area contributed by atoms with Gasteiger partial charge in [0, 0.05) is 6.54 Å². The molecule has 0 saturated heterocycles. The Morgan fingerprint density at radius 2 is 1.82 bits per heavy atom. The van der Waals surface area contributed by atoms with Crippen molar-refractivity contribution in [2.75, 3.05) is 0 Å². The van der Waals surface area contributed by atoms with Gasteiger partial charge in [-0.2, -0.15) is 0 Å². The fraction of sp³-hybridized carbons (Fsp3) is 0.400. The first-order chi connectivity index (χ1) is 10.3. The van der Waals surface area contributed by atoms with E-state index in [1.165, 1.54) is 6.92 Å². The molecule has 0 radical (unpaired) electrons. The summed E-state index contributed by atoms with van der Waals surface area (Å²) < 4.78 is 0. The van der Waals surface area contributed by atoms with Crippen LogP contribution < -0.4 is 16.4 Å². The highest BCUT2D eigenvalue weighted by Gasteiger charge is 2.20. The van der Waals surface area contributed by atoms with Crippen LogP contribution in [-0.2, 0) is 20.9 Å². The maximum Gasteiger partial charge on any atom is 0.325 e. The molecule has 0 fully saturated rings. The van der Waals surface area contributed by atoms with Crippen LogP contribution in [0.15, 0.2) is 24.3 Å². The summed E-state index contributed by atoms with van der Waals surface area (Å²) in [6, 6.07) is 5.61. The van der Waals surface area contributed by atoms with Crippen LogP contribution in [-0.4, -0.2) is 35.0 Å². The Morgan fingerprint density at radius 1 is 1.23 bits per heavy atom. The van der Waals surface area contributed by atoms with Gasteiger partial charge in [-0.15, -0.1) is 0 Å². The zero-order valence-corrected chi connectivity index (χ0v) is 12.6. The number of rotatable bonds is 7. The van der Waals surface area contributed by atoms with E-state index in [0.29, 0.717) is 6.54 Å². The van der Waals surface area contributed by atoms with Gasteiger partial charge in [0.25, 0.3) is 0 Å². The van der Waals surface area contributed by atoms with Crippen molar-refractivity contribution in [1.29, 1.82) is 0 Å². The van der Waals surface area contributed by atoms with Crippen LogP contribution in [0.4, 0.5) is 0 Å². The third-order valence-corrected chi connectivity index (χ3v) is 3.08. The highest BCUT2D eigenvalue weighted by molar-refractivity contribution is 5.89. The van der Waals surface area contributed by atoms with E-state index in [9.17, 15) is 14.4 Å². The van der Waals surface area contributed by atoms with Gasteiger partial charge in [0.05, 0.1) is 12.5 Å². The molecule has 120 valence electrons. The summed E-state index contributed by atoms with van der Waals surface area (Å²) in [6.07, 6.45) is -0.267. The fourth-order valence-electron chi connectivity index (χ4n) is 1.68. The highest BCUT2D eigenvalue weighted by atomic mass is 16.4. The number of nitrogens with one attached hydrogen (secondary N) is 2. The van der Waals surface area contributed by atoms with Gasteiger partial charge in [0.1, 0.15) is 6.04 Å². The van der Waals surface area contributed by atoms with Crippen LogP contribution in [0.5, 0.6) is 0 Å². The van der Waals surface area contributed by atoms with Gasteiger partial charge in [0.2, 0.25) is 11.8 Å². The Kier molecular flexibility index (Phi) is 6.52. The summed E-state index contributed by atoms with van der Waals surface area (Å²) in [5, 5.41) is 13.6. The molecule has 0 bridgehead atoms. The maximum absolute atomic E-state index is 11.8. The summed E-state index contributed by atoms with van der Waals surface area (Å²) in [6.45, 7) is 3.62. The number of carboxylic acid groups (broad SMARTS) is 1. The Balaban J connectivity index is 2.40. The molecular formula is C15H21N3O4.